The van der Waals surface area contributed by atoms with E-state index in [1.165, 1.54) is 0 Å². The molecule has 0 saturated carbocycles. The summed E-state index contributed by atoms with van der Waals surface area (Å²) in [7, 11) is 1.60. The SMILES string of the molecule is COc1ccc(NC(=O)c2cc3ccc4c5ccccc5[nH]c4c3cc2O)c(C)c1. The Morgan fingerprint density at radius 3 is 2.60 bits per heavy atom. The number of carbonyl (C=O) groups excluding carboxylic acids is 1. The van der Waals surface area contributed by atoms with Gasteiger partial charge in [-0.2, -0.15) is 0 Å². The maximum atomic E-state index is 12.9. The molecule has 1 aromatic heterocycles. The standard InChI is InChI=1S/C25H20N2O3/c1-14-11-16(30-2)8-10-21(14)27-25(29)20-12-15-7-9-18-17-5-3-4-6-22(17)26-24(18)19(15)13-23(20)28/h3-13,26,28H,1-2H3,(H,27,29). The van der Waals surface area contributed by atoms with Crippen molar-refractivity contribution in [3.8, 4) is 11.5 Å². The molecule has 5 heteroatoms. The number of aryl methyl sites for hydroxylation is 1. The number of rotatable bonds is 3. The highest BCUT2D eigenvalue weighted by Crippen LogP contribution is 2.34. The van der Waals surface area contributed by atoms with Gasteiger partial charge in [0, 0.05) is 27.4 Å². The second kappa shape index (κ2) is 6.81. The molecule has 5 aromatic rings. The number of nitrogens with one attached hydrogen (secondary N) is 2. The van der Waals surface area contributed by atoms with Crippen LogP contribution in [0.15, 0.2) is 66.7 Å². The van der Waals surface area contributed by atoms with E-state index in [1.54, 1.807) is 31.4 Å². The number of hydrogen-bond donors (Lipinski definition) is 3. The molecule has 0 aliphatic heterocycles. The number of phenolic OH excluding ortho intramolecular Hbond substituents is 1. The molecule has 5 nitrogen and oxygen atoms in total. The number of aromatic nitrogens is 1. The predicted molar refractivity (Wildman–Crippen MR) is 121 cm³/mol. The Morgan fingerprint density at radius 2 is 1.80 bits per heavy atom. The predicted octanol–water partition coefficient (Wildman–Crippen LogP) is 5.75. The first kappa shape index (κ1) is 18.1. The number of methoxy groups -OCH3 is 1. The van der Waals surface area contributed by atoms with Gasteiger partial charge in [-0.15, -0.1) is 0 Å². The van der Waals surface area contributed by atoms with Gasteiger partial charge in [0.15, 0.2) is 0 Å². The first-order chi connectivity index (χ1) is 14.5. The summed E-state index contributed by atoms with van der Waals surface area (Å²) in [5.74, 6) is 0.304. The average molecular weight is 396 g/mol. The number of para-hydroxylation sites is 1. The topological polar surface area (TPSA) is 74.3 Å². The fourth-order valence-corrected chi connectivity index (χ4v) is 3.96. The van der Waals surface area contributed by atoms with Gasteiger partial charge in [-0.3, -0.25) is 4.79 Å². The lowest BCUT2D eigenvalue weighted by Gasteiger charge is -2.12. The first-order valence-electron chi connectivity index (χ1n) is 9.67. The van der Waals surface area contributed by atoms with E-state index in [0.717, 1.165) is 43.9 Å². The van der Waals surface area contributed by atoms with Crippen LogP contribution in [0.1, 0.15) is 15.9 Å². The number of hydrogen-bond acceptors (Lipinski definition) is 3. The van der Waals surface area contributed by atoms with Crippen molar-refractivity contribution in [2.24, 2.45) is 0 Å². The third-order valence-electron chi connectivity index (χ3n) is 5.54. The van der Waals surface area contributed by atoms with Gasteiger partial charge < -0.3 is 20.1 Å². The molecule has 0 aliphatic rings. The molecule has 1 heterocycles. The summed E-state index contributed by atoms with van der Waals surface area (Å²) in [6.07, 6.45) is 0. The highest BCUT2D eigenvalue weighted by Gasteiger charge is 2.16. The maximum Gasteiger partial charge on any atom is 0.259 e. The van der Waals surface area contributed by atoms with Gasteiger partial charge in [0.25, 0.3) is 5.91 Å². The van der Waals surface area contributed by atoms with Gasteiger partial charge in [-0.1, -0.05) is 30.3 Å². The van der Waals surface area contributed by atoms with Crippen LogP contribution >= 0.6 is 0 Å². The fourth-order valence-electron chi connectivity index (χ4n) is 3.96. The van der Waals surface area contributed by atoms with Gasteiger partial charge in [0.05, 0.1) is 18.2 Å². The van der Waals surface area contributed by atoms with Crippen LogP contribution in [0.5, 0.6) is 11.5 Å². The number of aromatic amines is 1. The molecule has 0 spiro atoms. The smallest absolute Gasteiger partial charge is 0.259 e. The first-order valence-corrected chi connectivity index (χ1v) is 9.67. The van der Waals surface area contributed by atoms with Crippen LogP contribution in [0.3, 0.4) is 0 Å². The van der Waals surface area contributed by atoms with E-state index in [9.17, 15) is 9.90 Å². The van der Waals surface area contributed by atoms with E-state index in [0.29, 0.717) is 5.69 Å². The number of benzene rings is 4. The van der Waals surface area contributed by atoms with Gasteiger partial charge in [0.1, 0.15) is 11.5 Å². The van der Waals surface area contributed by atoms with E-state index in [2.05, 4.69) is 16.4 Å². The van der Waals surface area contributed by atoms with Crippen LogP contribution in [0.4, 0.5) is 5.69 Å². The van der Waals surface area contributed by atoms with E-state index >= 15 is 0 Å². The molecule has 5 rings (SSSR count). The Hall–Kier alpha value is -3.99. The number of amides is 1. The number of carbonyl (C=O) groups is 1. The monoisotopic (exact) mass is 396 g/mol. The molecule has 30 heavy (non-hydrogen) atoms. The normalized spacial score (nSPS) is 11.3. The summed E-state index contributed by atoms with van der Waals surface area (Å²) < 4.78 is 5.21. The lowest BCUT2D eigenvalue weighted by Crippen LogP contribution is -2.13. The van der Waals surface area contributed by atoms with E-state index in [4.69, 9.17) is 4.74 Å². The van der Waals surface area contributed by atoms with E-state index < -0.39 is 0 Å². The van der Waals surface area contributed by atoms with Crippen molar-refractivity contribution < 1.29 is 14.6 Å². The summed E-state index contributed by atoms with van der Waals surface area (Å²) in [4.78, 5) is 16.3. The number of anilines is 1. The van der Waals surface area contributed by atoms with Crippen molar-refractivity contribution in [1.82, 2.24) is 4.98 Å². The largest absolute Gasteiger partial charge is 0.507 e. The number of ether oxygens (including phenoxy) is 1. The number of phenols is 1. The van der Waals surface area contributed by atoms with E-state index in [-0.39, 0.29) is 17.2 Å². The number of fused-ring (bicyclic) bond motifs is 5. The van der Waals surface area contributed by atoms with Crippen molar-refractivity contribution >= 4 is 44.2 Å². The highest BCUT2D eigenvalue weighted by atomic mass is 16.5. The summed E-state index contributed by atoms with van der Waals surface area (Å²) in [5, 5.41) is 17.5. The Balaban J connectivity index is 1.58. The zero-order chi connectivity index (χ0) is 20.8. The molecule has 0 saturated heterocycles. The van der Waals surface area contributed by atoms with Crippen molar-refractivity contribution in [1.29, 1.82) is 0 Å². The van der Waals surface area contributed by atoms with Crippen LogP contribution in [-0.2, 0) is 0 Å². The van der Waals surface area contributed by atoms with Crippen molar-refractivity contribution in [2.45, 2.75) is 6.92 Å². The molecule has 0 aliphatic carbocycles. The fraction of sp³-hybridized carbons (Fsp3) is 0.0800. The third kappa shape index (κ3) is 2.83. The van der Waals surface area contributed by atoms with Crippen molar-refractivity contribution in [2.75, 3.05) is 12.4 Å². The summed E-state index contributed by atoms with van der Waals surface area (Å²) >= 11 is 0. The summed E-state index contributed by atoms with van der Waals surface area (Å²) in [6.45, 7) is 1.89. The quantitative estimate of drug-likeness (QED) is 0.363. The zero-order valence-electron chi connectivity index (χ0n) is 16.6. The van der Waals surface area contributed by atoms with Crippen LogP contribution < -0.4 is 10.1 Å². The molecule has 3 N–H and O–H groups in total. The molecule has 0 bridgehead atoms. The number of aromatic hydroxyl groups is 1. The molecule has 1 amide bonds. The van der Waals surface area contributed by atoms with Gasteiger partial charge in [-0.05, 0) is 54.3 Å². The van der Waals surface area contributed by atoms with Crippen molar-refractivity contribution in [3.05, 3.63) is 77.9 Å². The highest BCUT2D eigenvalue weighted by molar-refractivity contribution is 6.18. The molecule has 148 valence electrons. The van der Waals surface area contributed by atoms with Gasteiger partial charge >= 0.3 is 0 Å². The minimum absolute atomic E-state index is 0.0580. The molecular weight excluding hydrogens is 376 g/mol. The summed E-state index contributed by atoms with van der Waals surface area (Å²) in [5.41, 5.74) is 3.76. The molecule has 0 radical (unpaired) electrons. The van der Waals surface area contributed by atoms with Crippen molar-refractivity contribution in [3.63, 3.8) is 0 Å². The van der Waals surface area contributed by atoms with Gasteiger partial charge in [-0.25, -0.2) is 0 Å². The maximum absolute atomic E-state index is 12.9. The lowest BCUT2D eigenvalue weighted by molar-refractivity contribution is 0.102. The lowest BCUT2D eigenvalue weighted by atomic mass is 10.0. The Bertz CT molecular complexity index is 1450. The Labute approximate surface area is 172 Å². The van der Waals surface area contributed by atoms with Crippen LogP contribution in [-0.4, -0.2) is 23.1 Å². The van der Waals surface area contributed by atoms with Crippen LogP contribution in [0.25, 0.3) is 32.6 Å². The molecule has 0 unspecified atom stereocenters. The second-order valence-corrected chi connectivity index (χ2v) is 7.38. The minimum atomic E-state index is -0.362. The number of H-pyrrole nitrogens is 1. The molecule has 4 aromatic carbocycles. The zero-order valence-corrected chi connectivity index (χ0v) is 16.6. The van der Waals surface area contributed by atoms with E-state index in [1.807, 2.05) is 43.3 Å². The minimum Gasteiger partial charge on any atom is -0.507 e. The molecular formula is C25H20N2O3. The van der Waals surface area contributed by atoms with Crippen LogP contribution in [0.2, 0.25) is 0 Å². The average Bonchev–Trinajstić information content (AvgIpc) is 3.14. The third-order valence-corrected chi connectivity index (χ3v) is 5.54. The Morgan fingerprint density at radius 1 is 0.967 bits per heavy atom. The second-order valence-electron chi connectivity index (χ2n) is 7.38. The Kier molecular flexibility index (Phi) is 4.10. The summed E-state index contributed by atoms with van der Waals surface area (Å²) in [6, 6.07) is 20.9. The van der Waals surface area contributed by atoms with Gasteiger partial charge in [0.2, 0.25) is 0 Å². The molecule has 0 atom stereocenters. The molecule has 0 fully saturated rings. The van der Waals surface area contributed by atoms with Crippen LogP contribution in [0, 0.1) is 6.92 Å².